The number of hydrogen-bond acceptors (Lipinski definition) is 4. The summed E-state index contributed by atoms with van der Waals surface area (Å²) in [5.41, 5.74) is 1.01. The molecular weight excluding hydrogens is 282 g/mol. The van der Waals surface area contributed by atoms with E-state index in [1.807, 2.05) is 0 Å². The van der Waals surface area contributed by atoms with Gasteiger partial charge in [0.15, 0.2) is 0 Å². The molecule has 1 unspecified atom stereocenters. The topological polar surface area (TPSA) is 92.7 Å². The SMILES string of the molecule is COC(C)CNS(=O)(=O)c1cc(C(=O)O)c(C)cc1C. The van der Waals surface area contributed by atoms with Crippen LogP contribution in [0.3, 0.4) is 0 Å². The van der Waals surface area contributed by atoms with Crippen LogP contribution in [0.25, 0.3) is 0 Å². The fraction of sp³-hybridized carbons (Fsp3) is 0.462. The minimum Gasteiger partial charge on any atom is -0.478 e. The molecule has 0 aromatic heterocycles. The first-order chi connectivity index (χ1) is 9.19. The number of ether oxygens (including phenoxy) is 1. The molecule has 6 nitrogen and oxygen atoms in total. The summed E-state index contributed by atoms with van der Waals surface area (Å²) in [5, 5.41) is 9.07. The van der Waals surface area contributed by atoms with E-state index < -0.39 is 16.0 Å². The Labute approximate surface area is 118 Å². The lowest BCUT2D eigenvalue weighted by molar-refractivity contribution is 0.0696. The maximum Gasteiger partial charge on any atom is 0.335 e. The van der Waals surface area contributed by atoms with Gasteiger partial charge in [0.2, 0.25) is 10.0 Å². The zero-order valence-corrected chi connectivity index (χ0v) is 12.7. The molecule has 0 aliphatic carbocycles. The predicted octanol–water partition coefficient (Wildman–Crippen LogP) is 1.31. The number of carboxylic acid groups (broad SMARTS) is 1. The van der Waals surface area contributed by atoms with Gasteiger partial charge in [0.25, 0.3) is 0 Å². The van der Waals surface area contributed by atoms with E-state index >= 15 is 0 Å². The van der Waals surface area contributed by atoms with Crippen molar-refractivity contribution in [1.29, 1.82) is 0 Å². The highest BCUT2D eigenvalue weighted by molar-refractivity contribution is 7.89. The van der Waals surface area contributed by atoms with Crippen molar-refractivity contribution in [1.82, 2.24) is 4.72 Å². The highest BCUT2D eigenvalue weighted by atomic mass is 32.2. The Hall–Kier alpha value is -1.44. The van der Waals surface area contributed by atoms with Gasteiger partial charge in [-0.05, 0) is 38.0 Å². The molecule has 0 bridgehead atoms. The van der Waals surface area contributed by atoms with Crippen LogP contribution < -0.4 is 4.72 Å². The number of carboxylic acids is 1. The van der Waals surface area contributed by atoms with E-state index in [9.17, 15) is 13.2 Å². The Kier molecular flexibility index (Phi) is 5.27. The molecule has 0 radical (unpaired) electrons. The molecule has 0 fully saturated rings. The molecule has 1 aromatic carbocycles. The van der Waals surface area contributed by atoms with Crippen molar-refractivity contribution in [2.24, 2.45) is 0 Å². The van der Waals surface area contributed by atoms with E-state index in [0.29, 0.717) is 11.1 Å². The average Bonchev–Trinajstić information content (AvgIpc) is 2.35. The molecule has 112 valence electrons. The molecule has 0 aliphatic rings. The van der Waals surface area contributed by atoms with Gasteiger partial charge in [0.1, 0.15) is 0 Å². The summed E-state index contributed by atoms with van der Waals surface area (Å²) in [5.74, 6) is -1.15. The number of aromatic carboxylic acids is 1. The van der Waals surface area contributed by atoms with Gasteiger partial charge in [-0.3, -0.25) is 0 Å². The number of rotatable bonds is 6. The van der Waals surface area contributed by atoms with Crippen LogP contribution in [0.1, 0.15) is 28.4 Å². The zero-order chi connectivity index (χ0) is 15.5. The van der Waals surface area contributed by atoms with Crippen LogP contribution in [0.2, 0.25) is 0 Å². The minimum absolute atomic E-state index is 0.0178. The number of nitrogens with one attached hydrogen (secondary N) is 1. The van der Waals surface area contributed by atoms with E-state index in [2.05, 4.69) is 4.72 Å². The highest BCUT2D eigenvalue weighted by Crippen LogP contribution is 2.20. The van der Waals surface area contributed by atoms with Gasteiger partial charge in [0.05, 0.1) is 16.6 Å². The molecule has 0 saturated carbocycles. The first-order valence-corrected chi connectivity index (χ1v) is 7.54. The molecule has 0 heterocycles. The first kappa shape index (κ1) is 16.6. The van der Waals surface area contributed by atoms with Gasteiger partial charge in [-0.25, -0.2) is 17.9 Å². The standard InChI is InChI=1S/C13H19NO5S/c1-8-5-9(2)12(6-11(8)13(15)16)20(17,18)14-7-10(3)19-4/h5-6,10,14H,7H2,1-4H3,(H,15,16). The summed E-state index contributed by atoms with van der Waals surface area (Å²) in [4.78, 5) is 11.1. The lowest BCUT2D eigenvalue weighted by Crippen LogP contribution is -2.32. The monoisotopic (exact) mass is 301 g/mol. The number of hydrogen-bond donors (Lipinski definition) is 2. The predicted molar refractivity (Wildman–Crippen MR) is 74.5 cm³/mol. The van der Waals surface area contributed by atoms with E-state index in [-0.39, 0.29) is 23.1 Å². The third-order valence-corrected chi connectivity index (χ3v) is 4.57. The number of sulfonamides is 1. The zero-order valence-electron chi connectivity index (χ0n) is 11.9. The molecular formula is C13H19NO5S. The Morgan fingerprint density at radius 2 is 1.95 bits per heavy atom. The number of carbonyl (C=O) groups is 1. The number of aryl methyl sites for hydroxylation is 2. The summed E-state index contributed by atoms with van der Waals surface area (Å²) in [6, 6.07) is 2.74. The fourth-order valence-electron chi connectivity index (χ4n) is 1.74. The average molecular weight is 301 g/mol. The normalized spacial score (nSPS) is 13.2. The summed E-state index contributed by atoms with van der Waals surface area (Å²) in [6.07, 6.45) is -0.269. The van der Waals surface area contributed by atoms with Gasteiger partial charge >= 0.3 is 5.97 Å². The lowest BCUT2D eigenvalue weighted by Gasteiger charge is -2.14. The molecule has 1 aromatic rings. The molecule has 1 atom stereocenters. The molecule has 1 rings (SSSR count). The van der Waals surface area contributed by atoms with Crippen molar-refractivity contribution in [3.8, 4) is 0 Å². The van der Waals surface area contributed by atoms with Crippen LogP contribution in [0.5, 0.6) is 0 Å². The van der Waals surface area contributed by atoms with Gasteiger partial charge in [0, 0.05) is 13.7 Å². The molecule has 2 N–H and O–H groups in total. The van der Waals surface area contributed by atoms with E-state index in [0.717, 1.165) is 0 Å². The van der Waals surface area contributed by atoms with E-state index in [1.165, 1.54) is 13.2 Å². The van der Waals surface area contributed by atoms with Gasteiger partial charge in [-0.1, -0.05) is 6.07 Å². The molecule has 20 heavy (non-hydrogen) atoms. The Balaban J connectivity index is 3.18. The largest absolute Gasteiger partial charge is 0.478 e. The maximum absolute atomic E-state index is 12.2. The minimum atomic E-state index is -3.76. The summed E-state index contributed by atoms with van der Waals surface area (Å²) in [6.45, 7) is 5.11. The fourth-order valence-corrected chi connectivity index (χ4v) is 3.11. The summed E-state index contributed by atoms with van der Waals surface area (Å²) >= 11 is 0. The van der Waals surface area contributed by atoms with Crippen molar-refractivity contribution < 1.29 is 23.1 Å². The smallest absolute Gasteiger partial charge is 0.335 e. The van der Waals surface area contributed by atoms with Crippen LogP contribution in [0.4, 0.5) is 0 Å². The van der Waals surface area contributed by atoms with Crippen LogP contribution >= 0.6 is 0 Å². The van der Waals surface area contributed by atoms with Crippen LogP contribution in [-0.2, 0) is 14.8 Å². The molecule has 0 saturated heterocycles. The molecule has 7 heteroatoms. The Morgan fingerprint density at radius 1 is 1.35 bits per heavy atom. The third kappa shape index (κ3) is 3.78. The first-order valence-electron chi connectivity index (χ1n) is 6.06. The second-order valence-corrected chi connectivity index (χ2v) is 6.37. The second-order valence-electron chi connectivity index (χ2n) is 4.64. The van der Waals surface area contributed by atoms with Gasteiger partial charge in [-0.2, -0.15) is 0 Å². The molecule has 0 aliphatic heterocycles. The lowest BCUT2D eigenvalue weighted by atomic mass is 10.1. The third-order valence-electron chi connectivity index (χ3n) is 3.01. The quantitative estimate of drug-likeness (QED) is 0.826. The highest BCUT2D eigenvalue weighted by Gasteiger charge is 2.21. The van der Waals surface area contributed by atoms with Crippen molar-refractivity contribution in [3.63, 3.8) is 0 Å². The number of benzene rings is 1. The summed E-state index contributed by atoms with van der Waals surface area (Å²) in [7, 11) is -2.28. The molecule has 0 amide bonds. The van der Waals surface area contributed by atoms with E-state index in [1.54, 1.807) is 26.8 Å². The van der Waals surface area contributed by atoms with Gasteiger partial charge < -0.3 is 9.84 Å². The summed E-state index contributed by atoms with van der Waals surface area (Å²) < 4.78 is 31.8. The van der Waals surface area contributed by atoms with Crippen molar-refractivity contribution in [3.05, 3.63) is 28.8 Å². The second kappa shape index (κ2) is 6.34. The van der Waals surface area contributed by atoms with Crippen molar-refractivity contribution in [2.75, 3.05) is 13.7 Å². The Bertz CT molecular complexity index is 609. The van der Waals surface area contributed by atoms with Crippen LogP contribution in [0.15, 0.2) is 17.0 Å². The Morgan fingerprint density at radius 3 is 2.45 bits per heavy atom. The van der Waals surface area contributed by atoms with E-state index in [4.69, 9.17) is 9.84 Å². The van der Waals surface area contributed by atoms with Crippen LogP contribution in [-0.4, -0.2) is 39.3 Å². The molecule has 0 spiro atoms. The van der Waals surface area contributed by atoms with Crippen LogP contribution in [0, 0.1) is 13.8 Å². The van der Waals surface area contributed by atoms with Gasteiger partial charge in [-0.15, -0.1) is 0 Å². The number of methoxy groups -OCH3 is 1. The maximum atomic E-state index is 12.2. The van der Waals surface area contributed by atoms with Crippen molar-refractivity contribution >= 4 is 16.0 Å². The van der Waals surface area contributed by atoms with Crippen molar-refractivity contribution in [2.45, 2.75) is 31.8 Å².